The van der Waals surface area contributed by atoms with E-state index < -0.39 is 16.0 Å². The number of halogens is 1. The summed E-state index contributed by atoms with van der Waals surface area (Å²) < 4.78 is 32.3. The van der Waals surface area contributed by atoms with Crippen LogP contribution in [0.5, 0.6) is 0 Å². The van der Waals surface area contributed by atoms with Crippen LogP contribution in [-0.2, 0) is 16.6 Å². The molecule has 4 heteroatoms. The van der Waals surface area contributed by atoms with Crippen molar-refractivity contribution in [3.63, 3.8) is 0 Å². The standard InChI is InChI=1S/C8H8FO2S/c9-12(10,11)7-6-8-4-2-1-3-5-8/h2-5H,6-7H2. The van der Waals surface area contributed by atoms with Crippen LogP contribution in [0.3, 0.4) is 0 Å². The van der Waals surface area contributed by atoms with Gasteiger partial charge in [0.05, 0.1) is 5.75 Å². The number of aryl methyl sites for hydroxylation is 1. The lowest BCUT2D eigenvalue weighted by molar-refractivity contribution is 0.551. The van der Waals surface area contributed by atoms with Crippen LogP contribution >= 0.6 is 0 Å². The molecule has 1 aromatic carbocycles. The van der Waals surface area contributed by atoms with E-state index in [0.717, 1.165) is 5.56 Å². The molecule has 0 aromatic heterocycles. The molecule has 2 nitrogen and oxygen atoms in total. The zero-order valence-electron chi connectivity index (χ0n) is 6.33. The van der Waals surface area contributed by atoms with Gasteiger partial charge in [0, 0.05) is 0 Å². The predicted octanol–water partition coefficient (Wildman–Crippen LogP) is 1.33. The van der Waals surface area contributed by atoms with E-state index in [1.54, 1.807) is 24.3 Å². The molecule has 0 aliphatic heterocycles. The lowest BCUT2D eigenvalue weighted by atomic mass is 10.2. The molecule has 0 aliphatic carbocycles. The average molecular weight is 187 g/mol. The van der Waals surface area contributed by atoms with Gasteiger partial charge in [0.15, 0.2) is 0 Å². The van der Waals surface area contributed by atoms with Crippen LogP contribution in [0.15, 0.2) is 24.3 Å². The van der Waals surface area contributed by atoms with E-state index in [-0.39, 0.29) is 6.42 Å². The fourth-order valence-electron chi connectivity index (χ4n) is 0.828. The maximum atomic E-state index is 12.0. The van der Waals surface area contributed by atoms with Gasteiger partial charge in [0.25, 0.3) is 0 Å². The molecule has 1 rings (SSSR count). The molecule has 0 saturated carbocycles. The number of rotatable bonds is 3. The van der Waals surface area contributed by atoms with E-state index in [2.05, 4.69) is 6.07 Å². The van der Waals surface area contributed by atoms with Crippen LogP contribution in [0.25, 0.3) is 0 Å². The minimum atomic E-state index is -4.33. The van der Waals surface area contributed by atoms with Crippen LogP contribution in [-0.4, -0.2) is 14.2 Å². The molecule has 1 aromatic rings. The van der Waals surface area contributed by atoms with Crippen molar-refractivity contribution in [1.82, 2.24) is 0 Å². The van der Waals surface area contributed by atoms with Crippen molar-refractivity contribution in [2.45, 2.75) is 6.42 Å². The van der Waals surface area contributed by atoms with Crippen LogP contribution in [0.2, 0.25) is 0 Å². The highest BCUT2D eigenvalue weighted by molar-refractivity contribution is 7.86. The van der Waals surface area contributed by atoms with Gasteiger partial charge in [-0.05, 0) is 18.1 Å². The third-order valence-corrected chi connectivity index (χ3v) is 2.11. The maximum absolute atomic E-state index is 12.0. The van der Waals surface area contributed by atoms with Gasteiger partial charge in [0.2, 0.25) is 0 Å². The Morgan fingerprint density at radius 1 is 1.33 bits per heavy atom. The molecule has 12 heavy (non-hydrogen) atoms. The minimum Gasteiger partial charge on any atom is -0.195 e. The second-order valence-electron chi connectivity index (χ2n) is 2.40. The van der Waals surface area contributed by atoms with Gasteiger partial charge in [-0.1, -0.05) is 24.3 Å². The summed E-state index contributed by atoms with van der Waals surface area (Å²) in [6, 6.07) is 9.55. The molecule has 65 valence electrons. The summed E-state index contributed by atoms with van der Waals surface area (Å²) in [5.74, 6) is -0.447. The van der Waals surface area contributed by atoms with Crippen molar-refractivity contribution in [1.29, 1.82) is 0 Å². The first kappa shape index (κ1) is 9.19. The predicted molar refractivity (Wildman–Crippen MR) is 43.9 cm³/mol. The molecule has 0 spiro atoms. The number of benzene rings is 1. The molecular weight excluding hydrogens is 179 g/mol. The van der Waals surface area contributed by atoms with Gasteiger partial charge in [-0.2, -0.15) is 8.42 Å². The van der Waals surface area contributed by atoms with Gasteiger partial charge in [-0.3, -0.25) is 0 Å². The molecule has 0 amide bonds. The van der Waals surface area contributed by atoms with Gasteiger partial charge in [-0.15, -0.1) is 3.89 Å². The average Bonchev–Trinajstić information content (AvgIpc) is 2.02. The highest BCUT2D eigenvalue weighted by Gasteiger charge is 2.06. The molecule has 0 heterocycles. The van der Waals surface area contributed by atoms with Crippen molar-refractivity contribution in [3.05, 3.63) is 35.9 Å². The lowest BCUT2D eigenvalue weighted by Crippen LogP contribution is -2.01. The molecule has 0 saturated heterocycles. The summed E-state index contributed by atoms with van der Waals surface area (Å²) in [5.41, 5.74) is 0.801. The maximum Gasteiger partial charge on any atom is 0.302 e. The van der Waals surface area contributed by atoms with Crippen molar-refractivity contribution in [2.75, 3.05) is 5.75 Å². The van der Waals surface area contributed by atoms with Gasteiger partial charge in [0.1, 0.15) is 0 Å². The Labute approximate surface area is 71.2 Å². The highest BCUT2D eigenvalue weighted by Crippen LogP contribution is 2.02. The Balaban J connectivity index is 2.56. The Morgan fingerprint density at radius 3 is 2.42 bits per heavy atom. The Kier molecular flexibility index (Phi) is 2.81. The first-order valence-electron chi connectivity index (χ1n) is 3.45. The summed E-state index contributed by atoms with van der Waals surface area (Å²) in [5, 5.41) is 0. The van der Waals surface area contributed by atoms with E-state index in [4.69, 9.17) is 0 Å². The smallest absolute Gasteiger partial charge is 0.195 e. The first-order chi connectivity index (χ1) is 5.58. The van der Waals surface area contributed by atoms with Gasteiger partial charge < -0.3 is 0 Å². The van der Waals surface area contributed by atoms with Gasteiger partial charge in [-0.25, -0.2) is 0 Å². The zero-order chi connectivity index (χ0) is 9.03. The largest absolute Gasteiger partial charge is 0.302 e. The molecule has 0 bridgehead atoms. The SMILES string of the molecule is O=S(=O)(F)CCc1cc[c]cc1. The van der Waals surface area contributed by atoms with E-state index in [1.165, 1.54) is 0 Å². The highest BCUT2D eigenvalue weighted by atomic mass is 32.3. The van der Waals surface area contributed by atoms with E-state index in [0.29, 0.717) is 0 Å². The summed E-state index contributed by atoms with van der Waals surface area (Å²) in [6.07, 6.45) is 0.216. The van der Waals surface area contributed by atoms with E-state index in [1.807, 2.05) is 0 Å². The second kappa shape index (κ2) is 3.67. The van der Waals surface area contributed by atoms with Crippen LogP contribution < -0.4 is 0 Å². The molecule has 0 aliphatic rings. The summed E-state index contributed by atoms with van der Waals surface area (Å²) in [7, 11) is -4.33. The number of hydrogen-bond donors (Lipinski definition) is 0. The fraction of sp³-hybridized carbons (Fsp3) is 0.250. The topological polar surface area (TPSA) is 34.1 Å². The monoisotopic (exact) mass is 187 g/mol. The molecule has 0 unspecified atom stereocenters. The van der Waals surface area contributed by atoms with Crippen LogP contribution in [0, 0.1) is 6.07 Å². The molecular formula is C8H8FO2S. The summed E-state index contributed by atoms with van der Waals surface area (Å²) in [6.45, 7) is 0. The Hall–Kier alpha value is -0.900. The first-order valence-corrected chi connectivity index (χ1v) is 5.00. The Bertz CT molecular complexity index is 331. The second-order valence-corrected chi connectivity index (χ2v) is 3.89. The summed E-state index contributed by atoms with van der Waals surface area (Å²) in [4.78, 5) is 0. The number of hydrogen-bond acceptors (Lipinski definition) is 2. The van der Waals surface area contributed by atoms with Crippen molar-refractivity contribution in [2.24, 2.45) is 0 Å². The van der Waals surface area contributed by atoms with Crippen LogP contribution in [0.1, 0.15) is 5.56 Å². The van der Waals surface area contributed by atoms with Crippen molar-refractivity contribution in [3.8, 4) is 0 Å². The fourth-order valence-corrected chi connectivity index (χ4v) is 1.31. The quantitative estimate of drug-likeness (QED) is 0.669. The normalized spacial score (nSPS) is 11.4. The molecule has 0 N–H and O–H groups in total. The Morgan fingerprint density at radius 2 is 1.92 bits per heavy atom. The zero-order valence-corrected chi connectivity index (χ0v) is 7.14. The van der Waals surface area contributed by atoms with E-state index in [9.17, 15) is 12.3 Å². The minimum absolute atomic E-state index is 0.216. The van der Waals surface area contributed by atoms with Crippen LogP contribution in [0.4, 0.5) is 3.89 Å². The third kappa shape index (κ3) is 3.48. The van der Waals surface area contributed by atoms with Crippen molar-refractivity contribution < 1.29 is 12.3 Å². The van der Waals surface area contributed by atoms with E-state index >= 15 is 0 Å². The molecule has 1 radical (unpaired) electrons. The molecule has 0 fully saturated rings. The molecule has 0 atom stereocenters. The van der Waals surface area contributed by atoms with Gasteiger partial charge >= 0.3 is 10.2 Å². The van der Waals surface area contributed by atoms with Crippen molar-refractivity contribution >= 4 is 10.2 Å². The summed E-state index contributed by atoms with van der Waals surface area (Å²) >= 11 is 0. The third-order valence-electron chi connectivity index (χ3n) is 1.42. The lowest BCUT2D eigenvalue weighted by Gasteiger charge is -1.95.